The maximum atomic E-state index is 8.95. The molecule has 0 saturated heterocycles. The molecule has 0 atom stereocenters. The molecule has 156 valence electrons. The van der Waals surface area contributed by atoms with Crippen LogP contribution in [0.15, 0.2) is 66.2 Å². The summed E-state index contributed by atoms with van der Waals surface area (Å²) in [6.45, 7) is 0.976. The van der Waals surface area contributed by atoms with Gasteiger partial charge in [-0.1, -0.05) is 12.1 Å². The minimum Gasteiger partial charge on any atom is -0.395 e. The molecule has 0 spiro atoms. The molecule has 0 fully saturated rings. The van der Waals surface area contributed by atoms with Gasteiger partial charge in [-0.2, -0.15) is 0 Å². The standard InChI is InChI=1S/C21H21N9O/c22-30-21-20(26-12-14-3-4-17-15(10-14)2-1-6-24-17)29-19(13-27-21)28-18-11-16(5-7-25-18)23-8-9-31/h1-7,10-11,13,22,31H,8-9,12H2,(H3,23,25,26,28,29). The van der Waals surface area contributed by atoms with Gasteiger partial charge in [0, 0.05) is 42.6 Å². The predicted molar refractivity (Wildman–Crippen MR) is 119 cm³/mol. The Labute approximate surface area is 178 Å². The largest absolute Gasteiger partial charge is 0.395 e. The summed E-state index contributed by atoms with van der Waals surface area (Å²) in [6, 6.07) is 13.5. The van der Waals surface area contributed by atoms with Gasteiger partial charge in [0.2, 0.25) is 5.82 Å². The number of hydrogen-bond donors (Lipinski definition) is 5. The van der Waals surface area contributed by atoms with E-state index in [4.69, 9.17) is 10.6 Å². The first-order valence-corrected chi connectivity index (χ1v) is 9.65. The normalized spacial score (nSPS) is 10.6. The van der Waals surface area contributed by atoms with Gasteiger partial charge in [0.15, 0.2) is 11.6 Å². The smallest absolute Gasteiger partial charge is 0.216 e. The number of aromatic nitrogens is 4. The van der Waals surface area contributed by atoms with Gasteiger partial charge in [-0.15, -0.1) is 5.11 Å². The highest BCUT2D eigenvalue weighted by atomic mass is 16.3. The van der Waals surface area contributed by atoms with Gasteiger partial charge >= 0.3 is 0 Å². The molecule has 0 unspecified atom stereocenters. The Morgan fingerprint density at radius 1 is 0.968 bits per heavy atom. The lowest BCUT2D eigenvalue weighted by atomic mass is 10.1. The number of benzene rings is 1. The Bertz CT molecular complexity index is 1200. The SMILES string of the molecule is N=Nc1ncc(Nc2cc(NCCO)ccn2)nc1NCc1ccc2ncccc2c1. The van der Waals surface area contributed by atoms with Crippen molar-refractivity contribution in [3.8, 4) is 0 Å². The monoisotopic (exact) mass is 415 g/mol. The molecule has 0 bridgehead atoms. The van der Waals surface area contributed by atoms with Gasteiger partial charge in [0.1, 0.15) is 5.82 Å². The third-order valence-electron chi connectivity index (χ3n) is 4.44. The van der Waals surface area contributed by atoms with E-state index in [0.29, 0.717) is 30.5 Å². The van der Waals surface area contributed by atoms with Crippen LogP contribution in [-0.4, -0.2) is 38.2 Å². The second kappa shape index (κ2) is 9.55. The molecule has 3 heterocycles. The van der Waals surface area contributed by atoms with E-state index in [1.807, 2.05) is 24.3 Å². The molecule has 4 aromatic rings. The number of nitrogens with one attached hydrogen (secondary N) is 4. The van der Waals surface area contributed by atoms with E-state index >= 15 is 0 Å². The fourth-order valence-corrected chi connectivity index (χ4v) is 3.00. The van der Waals surface area contributed by atoms with Crippen LogP contribution in [0.3, 0.4) is 0 Å². The zero-order valence-electron chi connectivity index (χ0n) is 16.6. The lowest BCUT2D eigenvalue weighted by molar-refractivity contribution is 0.311. The summed E-state index contributed by atoms with van der Waals surface area (Å²) in [5.74, 6) is 1.62. The third kappa shape index (κ3) is 5.06. The van der Waals surface area contributed by atoms with Crippen molar-refractivity contribution in [1.29, 1.82) is 5.53 Å². The van der Waals surface area contributed by atoms with Crippen LogP contribution in [-0.2, 0) is 6.54 Å². The molecule has 1 aromatic carbocycles. The molecule has 4 rings (SSSR count). The van der Waals surface area contributed by atoms with Gasteiger partial charge in [-0.05, 0) is 29.8 Å². The van der Waals surface area contributed by atoms with Crippen LogP contribution in [0.2, 0.25) is 0 Å². The minimum absolute atomic E-state index is 0.0391. The number of aliphatic hydroxyl groups is 1. The summed E-state index contributed by atoms with van der Waals surface area (Å²) < 4.78 is 0. The second-order valence-electron chi connectivity index (χ2n) is 6.63. The van der Waals surface area contributed by atoms with Gasteiger partial charge in [0.25, 0.3) is 0 Å². The second-order valence-corrected chi connectivity index (χ2v) is 6.63. The maximum Gasteiger partial charge on any atom is 0.216 e. The Hall–Kier alpha value is -4.18. The van der Waals surface area contributed by atoms with Crippen molar-refractivity contribution in [2.75, 3.05) is 29.1 Å². The van der Waals surface area contributed by atoms with Crippen LogP contribution in [0.4, 0.5) is 29.0 Å². The molecule has 0 aliphatic heterocycles. The number of pyridine rings is 2. The number of aliphatic hydroxyl groups excluding tert-OH is 1. The fraction of sp³-hybridized carbons (Fsp3) is 0.143. The van der Waals surface area contributed by atoms with Crippen molar-refractivity contribution in [3.63, 3.8) is 0 Å². The van der Waals surface area contributed by atoms with E-state index in [2.05, 4.69) is 47.1 Å². The molecule has 31 heavy (non-hydrogen) atoms. The van der Waals surface area contributed by atoms with Crippen molar-refractivity contribution in [2.45, 2.75) is 6.54 Å². The quantitative estimate of drug-likeness (QED) is 0.259. The van der Waals surface area contributed by atoms with Gasteiger partial charge < -0.3 is 21.1 Å². The zero-order chi connectivity index (χ0) is 21.5. The average molecular weight is 415 g/mol. The summed E-state index contributed by atoms with van der Waals surface area (Å²) in [4.78, 5) is 17.3. The van der Waals surface area contributed by atoms with Gasteiger partial charge in [-0.25, -0.2) is 20.5 Å². The van der Waals surface area contributed by atoms with E-state index < -0.39 is 0 Å². The van der Waals surface area contributed by atoms with Crippen LogP contribution in [0, 0.1) is 5.53 Å². The zero-order valence-corrected chi connectivity index (χ0v) is 16.6. The molecular weight excluding hydrogens is 394 g/mol. The van der Waals surface area contributed by atoms with Crippen LogP contribution >= 0.6 is 0 Å². The highest BCUT2D eigenvalue weighted by Gasteiger charge is 2.09. The van der Waals surface area contributed by atoms with E-state index in [1.54, 1.807) is 24.5 Å². The first kappa shape index (κ1) is 20.1. The average Bonchev–Trinajstić information content (AvgIpc) is 2.81. The Morgan fingerprint density at radius 2 is 1.90 bits per heavy atom. The molecule has 0 aliphatic rings. The first-order chi connectivity index (χ1) is 15.2. The molecule has 0 amide bonds. The summed E-state index contributed by atoms with van der Waals surface area (Å²) in [7, 11) is 0. The van der Waals surface area contributed by atoms with Crippen molar-refractivity contribution in [2.24, 2.45) is 5.11 Å². The van der Waals surface area contributed by atoms with Crippen LogP contribution < -0.4 is 16.0 Å². The van der Waals surface area contributed by atoms with E-state index in [9.17, 15) is 0 Å². The molecule has 0 aliphatic carbocycles. The molecule has 0 radical (unpaired) electrons. The van der Waals surface area contributed by atoms with Gasteiger partial charge in [-0.3, -0.25) is 4.98 Å². The van der Waals surface area contributed by atoms with E-state index in [0.717, 1.165) is 22.2 Å². The Kier molecular flexibility index (Phi) is 6.19. The lowest BCUT2D eigenvalue weighted by Crippen LogP contribution is -2.07. The Balaban J connectivity index is 1.50. The summed E-state index contributed by atoms with van der Waals surface area (Å²) in [5.41, 5.74) is 10.2. The van der Waals surface area contributed by atoms with Crippen LogP contribution in [0.5, 0.6) is 0 Å². The molecule has 0 saturated carbocycles. The molecule has 10 heteroatoms. The Morgan fingerprint density at radius 3 is 2.77 bits per heavy atom. The third-order valence-corrected chi connectivity index (χ3v) is 4.44. The van der Waals surface area contributed by atoms with E-state index in [-0.39, 0.29) is 12.4 Å². The number of fused-ring (bicyclic) bond motifs is 1. The van der Waals surface area contributed by atoms with Crippen LogP contribution in [0.25, 0.3) is 10.9 Å². The van der Waals surface area contributed by atoms with Crippen molar-refractivity contribution in [1.82, 2.24) is 19.9 Å². The molecule has 5 N–H and O–H groups in total. The topological polar surface area (TPSA) is 144 Å². The van der Waals surface area contributed by atoms with Crippen LogP contribution in [0.1, 0.15) is 5.56 Å². The summed E-state index contributed by atoms with van der Waals surface area (Å²) in [6.07, 6.45) is 4.91. The first-order valence-electron chi connectivity index (χ1n) is 9.65. The number of anilines is 4. The number of rotatable bonds is 9. The minimum atomic E-state index is 0.0391. The lowest BCUT2D eigenvalue weighted by Gasteiger charge is -2.11. The fourth-order valence-electron chi connectivity index (χ4n) is 3.00. The summed E-state index contributed by atoms with van der Waals surface area (Å²) >= 11 is 0. The molecule has 10 nitrogen and oxygen atoms in total. The highest BCUT2D eigenvalue weighted by molar-refractivity contribution is 5.79. The maximum absolute atomic E-state index is 8.95. The predicted octanol–water partition coefficient (Wildman–Crippen LogP) is 3.84. The number of nitrogens with zero attached hydrogens (tertiary/aromatic N) is 5. The molecule has 3 aromatic heterocycles. The highest BCUT2D eigenvalue weighted by Crippen LogP contribution is 2.24. The van der Waals surface area contributed by atoms with E-state index in [1.165, 1.54) is 6.20 Å². The van der Waals surface area contributed by atoms with Crippen molar-refractivity contribution < 1.29 is 5.11 Å². The summed E-state index contributed by atoms with van der Waals surface area (Å²) in [5, 5.41) is 22.8. The van der Waals surface area contributed by atoms with Crippen molar-refractivity contribution in [3.05, 3.63) is 66.6 Å². The van der Waals surface area contributed by atoms with Crippen molar-refractivity contribution >= 4 is 39.9 Å². The molecular formula is C21H21N9O. The van der Waals surface area contributed by atoms with Gasteiger partial charge in [0.05, 0.1) is 18.3 Å². The number of hydrogen-bond acceptors (Lipinski definition) is 10.